The Morgan fingerprint density at radius 2 is 1.95 bits per heavy atom. The van der Waals surface area contributed by atoms with Gasteiger partial charge in [0.05, 0.1) is 0 Å². The lowest BCUT2D eigenvalue weighted by Crippen LogP contribution is -2.29. The molecule has 0 bridgehead atoms. The quantitative estimate of drug-likeness (QED) is 0.837. The van der Waals surface area contributed by atoms with Gasteiger partial charge in [0, 0.05) is 31.6 Å². The van der Waals surface area contributed by atoms with Crippen LogP contribution in [0.25, 0.3) is 0 Å². The van der Waals surface area contributed by atoms with Crippen LogP contribution in [0.1, 0.15) is 25.3 Å². The van der Waals surface area contributed by atoms with Crippen LogP contribution >= 0.6 is 0 Å². The molecule has 2 rings (SSSR count). The molecule has 1 aliphatic rings. The van der Waals surface area contributed by atoms with Crippen molar-refractivity contribution in [3.63, 3.8) is 0 Å². The largest absolute Gasteiger partial charge is 0.335 e. The van der Waals surface area contributed by atoms with Crippen LogP contribution in [0.4, 0.5) is 5.69 Å². The fourth-order valence-electron chi connectivity index (χ4n) is 2.15. The van der Waals surface area contributed by atoms with Gasteiger partial charge in [0.2, 0.25) is 11.8 Å². The number of hydrogen-bond acceptors (Lipinski definition) is 2. The van der Waals surface area contributed by atoms with Crippen LogP contribution in [0, 0.1) is 0 Å². The number of nitrogens with one attached hydrogen (secondary N) is 1. The summed E-state index contributed by atoms with van der Waals surface area (Å²) in [6, 6.07) is 7.78. The minimum absolute atomic E-state index is 0.0347. The SMILES string of the molecule is CCc1cccc(NC(=O)CCC(=O)N2CC=CC2)c1. The molecule has 0 aromatic heterocycles. The second-order valence-corrected chi connectivity index (χ2v) is 4.87. The van der Waals surface area contributed by atoms with Crippen LogP contribution in [-0.2, 0) is 16.0 Å². The number of hydrogen-bond donors (Lipinski definition) is 1. The van der Waals surface area contributed by atoms with Crippen LogP contribution in [0.15, 0.2) is 36.4 Å². The topological polar surface area (TPSA) is 49.4 Å². The van der Waals surface area contributed by atoms with E-state index in [-0.39, 0.29) is 24.7 Å². The fraction of sp³-hybridized carbons (Fsp3) is 0.375. The standard InChI is InChI=1S/C16H20N2O2/c1-2-13-6-5-7-14(12-13)17-15(19)8-9-16(20)18-10-3-4-11-18/h3-7,12H,2,8-11H2,1H3,(H,17,19). The van der Waals surface area contributed by atoms with Crippen molar-refractivity contribution in [1.82, 2.24) is 4.90 Å². The van der Waals surface area contributed by atoms with Crippen LogP contribution in [0.3, 0.4) is 0 Å². The summed E-state index contributed by atoms with van der Waals surface area (Å²) < 4.78 is 0. The Balaban J connectivity index is 1.78. The van der Waals surface area contributed by atoms with E-state index in [1.807, 2.05) is 36.4 Å². The van der Waals surface area contributed by atoms with Crippen molar-refractivity contribution < 1.29 is 9.59 Å². The van der Waals surface area contributed by atoms with E-state index < -0.39 is 0 Å². The van der Waals surface area contributed by atoms with Gasteiger partial charge in [-0.15, -0.1) is 0 Å². The van der Waals surface area contributed by atoms with Gasteiger partial charge in [0.25, 0.3) is 0 Å². The molecule has 0 saturated heterocycles. The molecule has 4 nitrogen and oxygen atoms in total. The molecule has 0 aliphatic carbocycles. The molecule has 2 amide bonds. The molecule has 0 saturated carbocycles. The zero-order chi connectivity index (χ0) is 14.4. The fourth-order valence-corrected chi connectivity index (χ4v) is 2.15. The highest BCUT2D eigenvalue weighted by atomic mass is 16.2. The van der Waals surface area contributed by atoms with Gasteiger partial charge in [-0.05, 0) is 24.1 Å². The van der Waals surface area contributed by atoms with E-state index in [4.69, 9.17) is 0 Å². The zero-order valence-electron chi connectivity index (χ0n) is 11.8. The van der Waals surface area contributed by atoms with E-state index >= 15 is 0 Å². The van der Waals surface area contributed by atoms with Gasteiger partial charge in [0.1, 0.15) is 0 Å². The maximum absolute atomic E-state index is 11.8. The Bertz CT molecular complexity index is 515. The molecule has 1 aliphatic heterocycles. The number of anilines is 1. The molecule has 4 heteroatoms. The van der Waals surface area contributed by atoms with Crippen molar-refractivity contribution in [2.75, 3.05) is 18.4 Å². The van der Waals surface area contributed by atoms with Crippen molar-refractivity contribution in [3.05, 3.63) is 42.0 Å². The number of nitrogens with zero attached hydrogens (tertiary/aromatic N) is 1. The minimum atomic E-state index is -0.112. The number of carbonyl (C=O) groups is 2. The first-order valence-electron chi connectivity index (χ1n) is 7.00. The third kappa shape index (κ3) is 3.95. The Hall–Kier alpha value is -2.10. The summed E-state index contributed by atoms with van der Waals surface area (Å²) in [5.74, 6) is -0.0776. The lowest BCUT2D eigenvalue weighted by atomic mass is 10.1. The van der Waals surface area contributed by atoms with Crippen LogP contribution in [0.2, 0.25) is 0 Å². The lowest BCUT2D eigenvalue weighted by Gasteiger charge is -2.14. The average Bonchev–Trinajstić information content (AvgIpc) is 2.99. The summed E-state index contributed by atoms with van der Waals surface area (Å²) in [5.41, 5.74) is 1.98. The summed E-state index contributed by atoms with van der Waals surface area (Å²) in [6.07, 6.45) is 5.36. The predicted octanol–water partition coefficient (Wildman–Crippen LogP) is 2.37. The van der Waals surface area contributed by atoms with Crippen LogP contribution in [0.5, 0.6) is 0 Å². The van der Waals surface area contributed by atoms with Gasteiger partial charge in [-0.25, -0.2) is 0 Å². The first kappa shape index (κ1) is 14.3. The van der Waals surface area contributed by atoms with E-state index in [1.165, 1.54) is 5.56 Å². The molecule has 1 N–H and O–H groups in total. The van der Waals surface area contributed by atoms with E-state index in [1.54, 1.807) is 4.90 Å². The smallest absolute Gasteiger partial charge is 0.224 e. The van der Waals surface area contributed by atoms with E-state index in [0.717, 1.165) is 12.1 Å². The molecule has 0 unspecified atom stereocenters. The van der Waals surface area contributed by atoms with Crippen molar-refractivity contribution in [3.8, 4) is 0 Å². The van der Waals surface area contributed by atoms with E-state index in [9.17, 15) is 9.59 Å². The Kier molecular flexibility index (Phi) is 4.93. The second kappa shape index (κ2) is 6.89. The highest BCUT2D eigenvalue weighted by molar-refractivity contribution is 5.93. The molecule has 0 fully saturated rings. The van der Waals surface area contributed by atoms with E-state index in [2.05, 4.69) is 12.2 Å². The Morgan fingerprint density at radius 3 is 2.65 bits per heavy atom. The van der Waals surface area contributed by atoms with Crippen molar-refractivity contribution in [1.29, 1.82) is 0 Å². The molecule has 0 radical (unpaired) electrons. The predicted molar refractivity (Wildman–Crippen MR) is 79.4 cm³/mol. The van der Waals surface area contributed by atoms with Crippen LogP contribution < -0.4 is 5.32 Å². The first-order valence-corrected chi connectivity index (χ1v) is 7.00. The van der Waals surface area contributed by atoms with Crippen molar-refractivity contribution in [2.24, 2.45) is 0 Å². The normalized spacial score (nSPS) is 13.6. The monoisotopic (exact) mass is 272 g/mol. The molecule has 1 aromatic carbocycles. The van der Waals surface area contributed by atoms with Gasteiger partial charge in [0.15, 0.2) is 0 Å². The van der Waals surface area contributed by atoms with Gasteiger partial charge in [-0.3, -0.25) is 9.59 Å². The van der Waals surface area contributed by atoms with Gasteiger partial charge in [-0.2, -0.15) is 0 Å². The number of amides is 2. The van der Waals surface area contributed by atoms with E-state index in [0.29, 0.717) is 13.1 Å². The lowest BCUT2D eigenvalue weighted by molar-refractivity contribution is -0.131. The molecule has 106 valence electrons. The molecular weight excluding hydrogens is 252 g/mol. The van der Waals surface area contributed by atoms with Gasteiger partial charge in [-0.1, -0.05) is 31.2 Å². The molecule has 1 aromatic rings. The molecular formula is C16H20N2O2. The molecule has 20 heavy (non-hydrogen) atoms. The first-order chi connectivity index (χ1) is 9.69. The van der Waals surface area contributed by atoms with Crippen molar-refractivity contribution in [2.45, 2.75) is 26.2 Å². The summed E-state index contributed by atoms with van der Waals surface area (Å²) >= 11 is 0. The van der Waals surface area contributed by atoms with Gasteiger partial charge < -0.3 is 10.2 Å². The maximum atomic E-state index is 11.8. The Morgan fingerprint density at radius 1 is 1.20 bits per heavy atom. The number of benzene rings is 1. The molecule has 0 spiro atoms. The third-order valence-corrected chi connectivity index (χ3v) is 3.36. The van der Waals surface area contributed by atoms with Crippen LogP contribution in [-0.4, -0.2) is 29.8 Å². The summed E-state index contributed by atoms with van der Waals surface area (Å²) in [4.78, 5) is 25.4. The molecule has 0 atom stereocenters. The Labute approximate surface area is 119 Å². The molecule has 1 heterocycles. The summed E-state index contributed by atoms with van der Waals surface area (Å²) in [5, 5.41) is 2.84. The number of rotatable bonds is 5. The summed E-state index contributed by atoms with van der Waals surface area (Å²) in [7, 11) is 0. The number of carbonyl (C=O) groups excluding carboxylic acids is 2. The summed E-state index contributed by atoms with van der Waals surface area (Å²) in [6.45, 7) is 3.40. The average molecular weight is 272 g/mol. The minimum Gasteiger partial charge on any atom is -0.335 e. The highest BCUT2D eigenvalue weighted by Crippen LogP contribution is 2.12. The third-order valence-electron chi connectivity index (χ3n) is 3.36. The maximum Gasteiger partial charge on any atom is 0.224 e. The highest BCUT2D eigenvalue weighted by Gasteiger charge is 2.15. The zero-order valence-corrected chi connectivity index (χ0v) is 11.8. The van der Waals surface area contributed by atoms with Gasteiger partial charge >= 0.3 is 0 Å². The number of aryl methyl sites for hydroxylation is 1. The second-order valence-electron chi connectivity index (χ2n) is 4.87. The van der Waals surface area contributed by atoms with Crippen molar-refractivity contribution >= 4 is 17.5 Å².